The van der Waals surface area contributed by atoms with Crippen molar-refractivity contribution < 1.29 is 4.79 Å². The highest BCUT2D eigenvalue weighted by molar-refractivity contribution is 7.22. The molecule has 0 bridgehead atoms. The number of aromatic nitrogens is 3. The summed E-state index contributed by atoms with van der Waals surface area (Å²) in [7, 11) is 0. The number of nitrogens with one attached hydrogen (secondary N) is 1. The Labute approximate surface area is 188 Å². The molecule has 31 heavy (non-hydrogen) atoms. The lowest BCUT2D eigenvalue weighted by Crippen LogP contribution is -2.41. The fraction of sp³-hybridized carbons (Fsp3) is 0.333. The minimum atomic E-state index is -0.605. The van der Waals surface area contributed by atoms with Gasteiger partial charge in [0, 0.05) is 30.3 Å². The summed E-state index contributed by atoms with van der Waals surface area (Å²) in [6.45, 7) is 10.5. The molecule has 0 spiro atoms. The quantitative estimate of drug-likeness (QED) is 0.520. The molecule has 0 fully saturated rings. The first kappa shape index (κ1) is 22.8. The van der Waals surface area contributed by atoms with E-state index in [1.165, 1.54) is 22.0 Å². The van der Waals surface area contributed by atoms with Gasteiger partial charge < -0.3 is 10.2 Å². The van der Waals surface area contributed by atoms with Crippen LogP contribution in [0.1, 0.15) is 19.4 Å². The van der Waals surface area contributed by atoms with E-state index in [-0.39, 0.29) is 18.7 Å². The lowest BCUT2D eigenvalue weighted by Gasteiger charge is -2.16. The van der Waals surface area contributed by atoms with Gasteiger partial charge in [-0.25, -0.2) is 9.78 Å². The van der Waals surface area contributed by atoms with Gasteiger partial charge in [0.1, 0.15) is 11.2 Å². The molecule has 0 radical (unpaired) electrons. The van der Waals surface area contributed by atoms with Crippen LogP contribution in [0.15, 0.2) is 40.4 Å². The molecule has 0 saturated carbocycles. The van der Waals surface area contributed by atoms with Gasteiger partial charge in [0.2, 0.25) is 5.91 Å². The van der Waals surface area contributed by atoms with Crippen LogP contribution in [0.3, 0.4) is 0 Å². The summed E-state index contributed by atoms with van der Waals surface area (Å²) in [6.07, 6.45) is 1.47. The van der Waals surface area contributed by atoms with Gasteiger partial charge in [0.05, 0.1) is 0 Å². The van der Waals surface area contributed by atoms with Gasteiger partial charge >= 0.3 is 5.69 Å². The Hall–Kier alpha value is -2.91. The zero-order chi connectivity index (χ0) is 22.7. The number of hydrogen-bond donors (Lipinski definition) is 1. The molecule has 0 saturated heterocycles. The summed E-state index contributed by atoms with van der Waals surface area (Å²) >= 11 is 7.34. The maximum atomic E-state index is 13.0. The average Bonchev–Trinajstić information content (AvgIpc) is 3.18. The molecule has 8 nitrogen and oxygen atoms in total. The Kier molecular flexibility index (Phi) is 6.97. The van der Waals surface area contributed by atoms with E-state index in [0.29, 0.717) is 33.6 Å². The van der Waals surface area contributed by atoms with Crippen LogP contribution in [-0.4, -0.2) is 33.1 Å². The SMILES string of the molecule is C=CCn1c(=O)c2sc(N(CC)CC)nc2n(CC(=O)Nc2cccc(Cl)c2C)c1=O. The van der Waals surface area contributed by atoms with Crippen molar-refractivity contribution in [1.82, 2.24) is 14.1 Å². The van der Waals surface area contributed by atoms with Gasteiger partial charge in [-0.1, -0.05) is 35.1 Å². The second kappa shape index (κ2) is 9.49. The van der Waals surface area contributed by atoms with Crippen LogP contribution in [-0.2, 0) is 17.9 Å². The van der Waals surface area contributed by atoms with Crippen LogP contribution in [0.2, 0.25) is 5.02 Å². The summed E-state index contributed by atoms with van der Waals surface area (Å²) in [5.74, 6) is -0.421. The van der Waals surface area contributed by atoms with Crippen LogP contribution in [0.4, 0.5) is 10.8 Å². The number of amides is 1. The summed E-state index contributed by atoms with van der Waals surface area (Å²) in [5, 5.41) is 3.94. The van der Waals surface area contributed by atoms with Crippen LogP contribution in [0.5, 0.6) is 0 Å². The number of anilines is 2. The smallest absolute Gasteiger partial charge is 0.333 e. The molecular weight excluding hydrogens is 438 g/mol. The van der Waals surface area contributed by atoms with E-state index in [1.807, 2.05) is 18.7 Å². The molecule has 1 aromatic carbocycles. The van der Waals surface area contributed by atoms with Crippen molar-refractivity contribution >= 4 is 50.0 Å². The predicted octanol–water partition coefficient (Wildman–Crippen LogP) is 3.25. The van der Waals surface area contributed by atoms with Crippen molar-refractivity contribution in [3.05, 3.63) is 62.3 Å². The first-order valence-corrected chi connectivity index (χ1v) is 11.1. The van der Waals surface area contributed by atoms with E-state index in [9.17, 15) is 14.4 Å². The lowest BCUT2D eigenvalue weighted by molar-refractivity contribution is -0.116. The summed E-state index contributed by atoms with van der Waals surface area (Å²) in [4.78, 5) is 45.3. The Morgan fingerprint density at radius 1 is 1.29 bits per heavy atom. The van der Waals surface area contributed by atoms with E-state index in [1.54, 1.807) is 25.1 Å². The molecule has 3 aromatic rings. The molecule has 2 aromatic heterocycles. The third kappa shape index (κ3) is 4.42. The number of halogens is 1. The van der Waals surface area contributed by atoms with Crippen molar-refractivity contribution in [2.24, 2.45) is 0 Å². The normalized spacial score (nSPS) is 11.0. The molecule has 0 aliphatic heterocycles. The summed E-state index contributed by atoms with van der Waals surface area (Å²) in [6, 6.07) is 5.20. The maximum absolute atomic E-state index is 13.0. The fourth-order valence-electron chi connectivity index (χ4n) is 3.21. The second-order valence-electron chi connectivity index (χ2n) is 6.86. The molecule has 0 unspecified atom stereocenters. The molecule has 0 aliphatic rings. The van der Waals surface area contributed by atoms with Crippen LogP contribution >= 0.6 is 22.9 Å². The number of thiazole rings is 1. The number of allylic oxidation sites excluding steroid dienone is 1. The molecular formula is C21H24ClN5O3S. The molecule has 1 N–H and O–H groups in total. The van der Waals surface area contributed by atoms with Gasteiger partial charge in [-0.2, -0.15) is 0 Å². The first-order valence-electron chi connectivity index (χ1n) is 9.87. The number of nitrogens with zero attached hydrogens (tertiary/aromatic N) is 4. The van der Waals surface area contributed by atoms with Crippen molar-refractivity contribution in [1.29, 1.82) is 0 Å². The van der Waals surface area contributed by atoms with Gasteiger partial charge in [0.15, 0.2) is 10.8 Å². The van der Waals surface area contributed by atoms with E-state index < -0.39 is 17.2 Å². The average molecular weight is 462 g/mol. The van der Waals surface area contributed by atoms with Crippen LogP contribution in [0, 0.1) is 6.92 Å². The molecule has 10 heteroatoms. The fourth-order valence-corrected chi connectivity index (χ4v) is 4.53. The largest absolute Gasteiger partial charge is 0.349 e. The van der Waals surface area contributed by atoms with Gasteiger partial charge in [-0.3, -0.25) is 18.7 Å². The first-order chi connectivity index (χ1) is 14.8. The van der Waals surface area contributed by atoms with Crippen molar-refractivity contribution in [2.75, 3.05) is 23.3 Å². The molecule has 164 valence electrons. The summed E-state index contributed by atoms with van der Waals surface area (Å²) < 4.78 is 2.63. The molecule has 2 heterocycles. The van der Waals surface area contributed by atoms with E-state index in [4.69, 9.17) is 11.6 Å². The molecule has 1 amide bonds. The van der Waals surface area contributed by atoms with E-state index >= 15 is 0 Å². The number of carbonyl (C=O) groups is 1. The van der Waals surface area contributed by atoms with Crippen molar-refractivity contribution in [2.45, 2.75) is 33.9 Å². The van der Waals surface area contributed by atoms with Crippen LogP contribution in [0.25, 0.3) is 10.3 Å². The zero-order valence-electron chi connectivity index (χ0n) is 17.6. The van der Waals surface area contributed by atoms with Gasteiger partial charge in [-0.15, -0.1) is 6.58 Å². The number of carbonyl (C=O) groups excluding carboxylic acids is 1. The lowest BCUT2D eigenvalue weighted by atomic mass is 10.2. The zero-order valence-corrected chi connectivity index (χ0v) is 19.2. The Morgan fingerprint density at radius 3 is 2.65 bits per heavy atom. The maximum Gasteiger partial charge on any atom is 0.333 e. The molecule has 0 aliphatic carbocycles. The highest BCUT2D eigenvalue weighted by Crippen LogP contribution is 2.26. The predicted molar refractivity (Wildman–Crippen MR) is 127 cm³/mol. The Morgan fingerprint density at radius 2 is 2.00 bits per heavy atom. The third-order valence-electron chi connectivity index (χ3n) is 4.94. The number of hydrogen-bond acceptors (Lipinski definition) is 6. The van der Waals surface area contributed by atoms with E-state index in [2.05, 4.69) is 16.9 Å². The number of rotatable bonds is 8. The molecule has 3 rings (SSSR count). The van der Waals surface area contributed by atoms with Gasteiger partial charge in [-0.05, 0) is 38.5 Å². The van der Waals surface area contributed by atoms with Crippen molar-refractivity contribution in [3.63, 3.8) is 0 Å². The number of fused-ring (bicyclic) bond motifs is 1. The van der Waals surface area contributed by atoms with Crippen molar-refractivity contribution in [3.8, 4) is 0 Å². The minimum Gasteiger partial charge on any atom is -0.349 e. The topological polar surface area (TPSA) is 89.2 Å². The standard InChI is InChI=1S/C21H24ClN5O3S/c1-5-11-26-19(29)17-18(24-20(31-17)25(6-2)7-3)27(21(26)30)12-16(28)23-15-10-8-9-14(22)13(15)4/h5,8-10H,1,6-7,11-12H2,2-4H3,(H,23,28). The molecule has 0 atom stereocenters. The number of benzene rings is 1. The van der Waals surface area contributed by atoms with Gasteiger partial charge in [0.25, 0.3) is 5.56 Å². The van der Waals surface area contributed by atoms with E-state index in [0.717, 1.165) is 10.1 Å². The Balaban J connectivity index is 2.10. The highest BCUT2D eigenvalue weighted by Gasteiger charge is 2.21. The second-order valence-corrected chi connectivity index (χ2v) is 8.24. The summed E-state index contributed by atoms with van der Waals surface area (Å²) in [5.41, 5.74) is 0.456. The Bertz CT molecular complexity index is 1260. The third-order valence-corrected chi connectivity index (χ3v) is 6.45. The monoisotopic (exact) mass is 461 g/mol. The minimum absolute atomic E-state index is 0.0428. The van der Waals surface area contributed by atoms with Crippen LogP contribution < -0.4 is 21.5 Å². The highest BCUT2D eigenvalue weighted by atomic mass is 35.5.